The predicted molar refractivity (Wildman–Crippen MR) is 68.0 cm³/mol. The van der Waals surface area contributed by atoms with Gasteiger partial charge in [0.05, 0.1) is 15.1 Å². The Labute approximate surface area is 114 Å². The quantitative estimate of drug-likeness (QED) is 0.463. The Hall–Kier alpha value is -0.640. The van der Waals surface area contributed by atoms with E-state index in [9.17, 15) is 4.79 Å². The van der Waals surface area contributed by atoms with Crippen molar-refractivity contribution < 1.29 is 14.6 Å². The molecular weight excluding hydrogens is 286 g/mol. The summed E-state index contributed by atoms with van der Waals surface area (Å²) < 4.78 is 0. The zero-order valence-corrected chi connectivity index (χ0v) is 11.8. The van der Waals surface area contributed by atoms with E-state index in [1.54, 1.807) is 0 Å². The molecule has 3 nitrogen and oxygen atoms in total. The molecule has 0 atom stereocenters. The third kappa shape index (κ3) is 3.41. The molecule has 6 heteroatoms. The van der Waals surface area contributed by atoms with Gasteiger partial charge in [-0.3, -0.25) is 9.78 Å². The van der Waals surface area contributed by atoms with Gasteiger partial charge < -0.3 is 0 Å². The summed E-state index contributed by atoms with van der Waals surface area (Å²) in [6.07, 6.45) is 0. The van der Waals surface area contributed by atoms with E-state index in [2.05, 4.69) is 4.89 Å². The molecule has 0 amide bonds. The maximum Gasteiger partial charge on any atom is 0.352 e. The van der Waals surface area contributed by atoms with Crippen molar-refractivity contribution in [2.75, 3.05) is 0 Å². The molecule has 1 aromatic rings. The molecule has 0 unspecified atom stereocenters. The van der Waals surface area contributed by atoms with E-state index in [0.29, 0.717) is 15.6 Å². The average Bonchev–Trinajstić information content (AvgIpc) is 2.21. The molecule has 0 spiro atoms. The van der Waals surface area contributed by atoms with Crippen LogP contribution in [0.2, 0.25) is 15.1 Å². The zero-order valence-electron chi connectivity index (χ0n) is 9.51. The first-order valence-corrected chi connectivity index (χ1v) is 6.00. The fourth-order valence-electron chi connectivity index (χ4n) is 1.27. The van der Waals surface area contributed by atoms with E-state index in [4.69, 9.17) is 39.7 Å². The second-order valence-corrected chi connectivity index (χ2v) is 4.87. The second kappa shape index (κ2) is 5.80. The molecule has 0 N–H and O–H groups in total. The van der Waals surface area contributed by atoms with Gasteiger partial charge in [0.2, 0.25) is 0 Å². The minimum absolute atomic E-state index is 0.0633. The number of carbonyl (C=O) groups excluding carboxylic acids is 1. The number of carbonyl (C=O) groups is 1. The van der Waals surface area contributed by atoms with Crippen molar-refractivity contribution in [3.05, 3.63) is 26.7 Å². The first-order chi connectivity index (χ1) is 7.84. The molecule has 94 valence electrons. The van der Waals surface area contributed by atoms with Crippen molar-refractivity contribution in [1.82, 2.24) is 0 Å². The van der Waals surface area contributed by atoms with Crippen LogP contribution in [-0.2, 0) is 9.68 Å². The fourth-order valence-corrected chi connectivity index (χ4v) is 2.29. The lowest BCUT2D eigenvalue weighted by Crippen LogP contribution is -2.04. The molecule has 1 rings (SSSR count). The second-order valence-electron chi connectivity index (χ2n) is 3.71. The number of hydrogen-bond donors (Lipinski definition) is 0. The molecule has 0 aliphatic rings. The van der Waals surface area contributed by atoms with Crippen molar-refractivity contribution in [2.24, 2.45) is 0 Å². The van der Waals surface area contributed by atoms with Crippen LogP contribution in [0.4, 0.5) is 0 Å². The topological polar surface area (TPSA) is 35.5 Å². The normalized spacial score (nSPS) is 10.5. The van der Waals surface area contributed by atoms with Gasteiger partial charge in [0.15, 0.2) is 5.75 Å². The maximum absolute atomic E-state index is 10.6. The summed E-state index contributed by atoms with van der Waals surface area (Å²) in [7, 11) is 0. The summed E-state index contributed by atoms with van der Waals surface area (Å²) in [5.41, 5.74) is 0.656. The smallest absolute Gasteiger partial charge is 0.285 e. The van der Waals surface area contributed by atoms with Gasteiger partial charge in [0.1, 0.15) is 0 Å². The van der Waals surface area contributed by atoms with E-state index in [0.717, 1.165) is 0 Å². The van der Waals surface area contributed by atoms with Gasteiger partial charge in [-0.1, -0.05) is 48.7 Å². The van der Waals surface area contributed by atoms with Gasteiger partial charge >= 0.3 is 5.97 Å². The molecule has 0 bridgehead atoms. The van der Waals surface area contributed by atoms with Crippen molar-refractivity contribution in [2.45, 2.75) is 26.7 Å². The van der Waals surface area contributed by atoms with Crippen molar-refractivity contribution in [1.29, 1.82) is 0 Å². The Morgan fingerprint density at radius 1 is 1.24 bits per heavy atom. The van der Waals surface area contributed by atoms with E-state index >= 15 is 0 Å². The highest BCUT2D eigenvalue weighted by molar-refractivity contribution is 6.44. The lowest BCUT2D eigenvalue weighted by Gasteiger charge is -2.14. The SMILES string of the molecule is CC(=O)OOc1cc(Cl)c(Cl)c(C(C)C)c1Cl. The van der Waals surface area contributed by atoms with Crippen LogP contribution >= 0.6 is 34.8 Å². The highest BCUT2D eigenvalue weighted by Crippen LogP contribution is 2.42. The molecular formula is C11H11Cl3O3. The van der Waals surface area contributed by atoms with Gasteiger partial charge in [0, 0.05) is 13.0 Å². The Kier molecular flexibility index (Phi) is 4.92. The molecule has 0 saturated carbocycles. The van der Waals surface area contributed by atoms with Crippen LogP contribution in [0.25, 0.3) is 0 Å². The molecule has 0 aliphatic heterocycles. The number of hydrogen-bond acceptors (Lipinski definition) is 3. The number of halogens is 3. The lowest BCUT2D eigenvalue weighted by atomic mass is 10.0. The van der Waals surface area contributed by atoms with Gasteiger partial charge in [-0.25, -0.2) is 4.79 Å². The molecule has 0 aliphatic carbocycles. The van der Waals surface area contributed by atoms with Crippen molar-refractivity contribution in [3.63, 3.8) is 0 Å². The van der Waals surface area contributed by atoms with Crippen LogP contribution in [-0.4, -0.2) is 5.97 Å². The highest BCUT2D eigenvalue weighted by Gasteiger charge is 2.19. The summed E-state index contributed by atoms with van der Waals surface area (Å²) >= 11 is 18.1. The van der Waals surface area contributed by atoms with E-state index < -0.39 is 5.97 Å². The Morgan fingerprint density at radius 2 is 1.82 bits per heavy atom. The minimum Gasteiger partial charge on any atom is -0.285 e. The molecule has 0 heterocycles. The van der Waals surface area contributed by atoms with Crippen LogP contribution < -0.4 is 4.89 Å². The fraction of sp³-hybridized carbons (Fsp3) is 0.364. The Morgan fingerprint density at radius 3 is 2.29 bits per heavy atom. The van der Waals surface area contributed by atoms with Crippen LogP contribution in [0.3, 0.4) is 0 Å². The van der Waals surface area contributed by atoms with Crippen molar-refractivity contribution in [3.8, 4) is 5.75 Å². The van der Waals surface area contributed by atoms with Gasteiger partial charge in [0.25, 0.3) is 0 Å². The largest absolute Gasteiger partial charge is 0.352 e. The zero-order chi connectivity index (χ0) is 13.2. The van der Waals surface area contributed by atoms with Crippen LogP contribution in [0.5, 0.6) is 5.75 Å². The van der Waals surface area contributed by atoms with E-state index in [-0.39, 0.29) is 16.7 Å². The van der Waals surface area contributed by atoms with Crippen LogP contribution in [0.1, 0.15) is 32.3 Å². The Balaban J connectivity index is 3.19. The summed E-state index contributed by atoms with van der Waals surface area (Å²) in [5.74, 6) is -0.355. The Bertz CT molecular complexity index is 444. The third-order valence-electron chi connectivity index (χ3n) is 1.98. The third-order valence-corrected chi connectivity index (χ3v) is 3.17. The van der Waals surface area contributed by atoms with Gasteiger partial charge in [-0.05, 0) is 11.5 Å². The molecule has 0 aromatic heterocycles. The average molecular weight is 298 g/mol. The maximum atomic E-state index is 10.6. The first kappa shape index (κ1) is 14.4. The summed E-state index contributed by atoms with van der Waals surface area (Å²) in [6.45, 7) is 5.05. The van der Waals surface area contributed by atoms with E-state index in [1.807, 2.05) is 13.8 Å². The number of rotatable bonds is 3. The van der Waals surface area contributed by atoms with E-state index in [1.165, 1.54) is 13.0 Å². The van der Waals surface area contributed by atoms with Gasteiger partial charge in [-0.15, -0.1) is 0 Å². The molecule has 17 heavy (non-hydrogen) atoms. The van der Waals surface area contributed by atoms with Crippen LogP contribution in [0.15, 0.2) is 6.07 Å². The van der Waals surface area contributed by atoms with Gasteiger partial charge in [-0.2, -0.15) is 0 Å². The standard InChI is InChI=1S/C11H11Cl3O3/c1-5(2)9-10(13)7(12)4-8(11(9)14)17-16-6(3)15/h4-5H,1-3H3. The summed E-state index contributed by atoms with van der Waals surface area (Å²) in [5, 5.41) is 0.958. The summed E-state index contributed by atoms with van der Waals surface area (Å²) in [4.78, 5) is 19.9. The predicted octanol–water partition coefficient (Wildman–Crippen LogP) is 4.63. The lowest BCUT2D eigenvalue weighted by molar-refractivity contribution is -0.210. The van der Waals surface area contributed by atoms with Crippen molar-refractivity contribution >= 4 is 40.8 Å². The number of benzene rings is 1. The van der Waals surface area contributed by atoms with Crippen LogP contribution in [0, 0.1) is 0 Å². The first-order valence-electron chi connectivity index (χ1n) is 4.87. The molecule has 1 aromatic carbocycles. The highest BCUT2D eigenvalue weighted by atomic mass is 35.5. The minimum atomic E-state index is -0.585. The molecule has 0 saturated heterocycles. The molecule has 0 radical (unpaired) electrons. The summed E-state index contributed by atoms with van der Waals surface area (Å²) in [6, 6.07) is 1.40. The molecule has 0 fully saturated rings. The monoisotopic (exact) mass is 296 g/mol.